The second-order valence-corrected chi connectivity index (χ2v) is 8.58. The first kappa shape index (κ1) is 19.1. The fraction of sp³-hybridized carbons (Fsp3) is 0.533. The Balaban J connectivity index is 2.66. The molecule has 7 nitrogen and oxygen atoms in total. The Morgan fingerprint density at radius 3 is 2.39 bits per heavy atom. The van der Waals surface area contributed by atoms with E-state index in [-0.39, 0.29) is 17.0 Å². The number of hydrogen-bond acceptors (Lipinski definition) is 4. The third-order valence-corrected chi connectivity index (χ3v) is 5.18. The number of benzene rings is 1. The van der Waals surface area contributed by atoms with Gasteiger partial charge >= 0.3 is 6.03 Å². The summed E-state index contributed by atoms with van der Waals surface area (Å²) in [6.45, 7) is 9.30. The van der Waals surface area contributed by atoms with E-state index in [0.717, 1.165) is 5.56 Å². The van der Waals surface area contributed by atoms with Gasteiger partial charge in [-0.15, -0.1) is 0 Å². The lowest BCUT2D eigenvalue weighted by Crippen LogP contribution is -2.35. The molecule has 0 aliphatic rings. The highest BCUT2D eigenvalue weighted by Gasteiger charge is 2.19. The molecule has 1 rings (SSSR count). The van der Waals surface area contributed by atoms with Gasteiger partial charge in [-0.2, -0.15) is 0 Å². The molecule has 8 heteroatoms. The van der Waals surface area contributed by atoms with Gasteiger partial charge in [-0.05, 0) is 46.2 Å². The van der Waals surface area contributed by atoms with Gasteiger partial charge < -0.3 is 10.6 Å². The third-order valence-electron chi connectivity index (χ3n) is 3.24. The number of hydrogen-bond donors (Lipinski definition) is 2. The number of nitrogens with zero attached hydrogens (tertiary/aromatic N) is 1. The third kappa shape index (κ3) is 5.63. The van der Waals surface area contributed by atoms with Crippen LogP contribution in [0.5, 0.6) is 0 Å². The quantitative estimate of drug-likeness (QED) is 0.635. The monoisotopic (exact) mass is 341 g/mol. The molecular formula is C15H23N3O4S. The van der Waals surface area contributed by atoms with Gasteiger partial charge in [0.15, 0.2) is 0 Å². The molecule has 1 aromatic rings. The fourth-order valence-corrected chi connectivity index (χ4v) is 2.80. The SMILES string of the molecule is Cc1cc(C)c([N+](=O)[O-])cc1NC(=O)NCC[S@@](=O)C(C)(C)C. The van der Waals surface area contributed by atoms with Crippen LogP contribution in [0.15, 0.2) is 12.1 Å². The molecule has 0 aliphatic carbocycles. The highest BCUT2D eigenvalue weighted by Crippen LogP contribution is 2.26. The van der Waals surface area contributed by atoms with Crippen LogP contribution < -0.4 is 10.6 Å². The van der Waals surface area contributed by atoms with Gasteiger partial charge in [-0.25, -0.2) is 4.79 Å². The van der Waals surface area contributed by atoms with Gasteiger partial charge in [-0.3, -0.25) is 14.3 Å². The second-order valence-electron chi connectivity index (χ2n) is 6.25. The Labute approximate surface area is 138 Å². The molecule has 2 N–H and O–H groups in total. The number of anilines is 1. The van der Waals surface area contributed by atoms with E-state index in [4.69, 9.17) is 0 Å². The van der Waals surface area contributed by atoms with Crippen LogP contribution in [0.25, 0.3) is 0 Å². The zero-order valence-electron chi connectivity index (χ0n) is 14.1. The van der Waals surface area contributed by atoms with Gasteiger partial charge in [0.1, 0.15) is 0 Å². The first-order chi connectivity index (χ1) is 10.5. The topological polar surface area (TPSA) is 101 Å². The standard InChI is InChI=1S/C15H23N3O4S/c1-10-8-11(2)13(18(20)21)9-12(10)17-14(19)16-6-7-23(22)15(3,4)5/h8-9H,6-7H2,1-5H3,(H2,16,17,19)/t23-/m1/s1. The highest BCUT2D eigenvalue weighted by atomic mass is 32.2. The molecule has 0 unspecified atom stereocenters. The van der Waals surface area contributed by atoms with E-state index >= 15 is 0 Å². The van der Waals surface area contributed by atoms with Gasteiger partial charge in [0.25, 0.3) is 5.69 Å². The minimum Gasteiger partial charge on any atom is -0.337 e. The summed E-state index contributed by atoms with van der Waals surface area (Å²) in [5.41, 5.74) is 1.62. The van der Waals surface area contributed by atoms with Gasteiger partial charge in [-0.1, -0.05) is 0 Å². The van der Waals surface area contributed by atoms with Crippen LogP contribution >= 0.6 is 0 Å². The summed E-state index contributed by atoms with van der Waals surface area (Å²) in [4.78, 5) is 22.3. The molecule has 0 saturated heterocycles. The van der Waals surface area contributed by atoms with Crippen molar-refractivity contribution in [1.82, 2.24) is 5.32 Å². The number of aryl methyl sites for hydroxylation is 2. The molecule has 0 aromatic heterocycles. The van der Waals surface area contributed by atoms with Crippen LogP contribution in [0.1, 0.15) is 31.9 Å². The fourth-order valence-electron chi connectivity index (χ4n) is 1.90. The Morgan fingerprint density at radius 2 is 1.87 bits per heavy atom. The number of nitro benzene ring substituents is 1. The lowest BCUT2D eigenvalue weighted by molar-refractivity contribution is -0.385. The van der Waals surface area contributed by atoms with Crippen LogP contribution in [0.2, 0.25) is 0 Å². The predicted octanol–water partition coefficient (Wildman–Crippen LogP) is 2.88. The molecule has 0 spiro atoms. The van der Waals surface area contributed by atoms with Crippen LogP contribution in [0, 0.1) is 24.0 Å². The summed E-state index contributed by atoms with van der Waals surface area (Å²) in [5.74, 6) is 0.351. The Bertz CT molecular complexity index is 638. The first-order valence-electron chi connectivity index (χ1n) is 7.21. The molecule has 0 saturated carbocycles. The number of nitro groups is 1. The average molecular weight is 341 g/mol. The number of nitrogens with one attached hydrogen (secondary N) is 2. The van der Waals surface area contributed by atoms with E-state index in [0.29, 0.717) is 17.0 Å². The van der Waals surface area contributed by atoms with Crippen LogP contribution in [0.3, 0.4) is 0 Å². The van der Waals surface area contributed by atoms with Crippen molar-refractivity contribution in [1.29, 1.82) is 0 Å². The molecule has 2 amide bonds. The lowest BCUT2D eigenvalue weighted by Gasteiger charge is -2.17. The minimum atomic E-state index is -1.05. The minimum absolute atomic E-state index is 0.0419. The van der Waals surface area contributed by atoms with E-state index in [1.807, 2.05) is 20.8 Å². The Hall–Kier alpha value is -1.96. The molecule has 0 aliphatic heterocycles. The molecule has 1 aromatic carbocycles. The average Bonchev–Trinajstić information content (AvgIpc) is 2.40. The maximum absolute atomic E-state index is 11.9. The number of rotatable bonds is 5. The smallest absolute Gasteiger partial charge is 0.319 e. The van der Waals surface area contributed by atoms with Crippen molar-refractivity contribution in [2.24, 2.45) is 0 Å². The number of carbonyl (C=O) groups excluding carboxylic acids is 1. The largest absolute Gasteiger partial charge is 0.337 e. The summed E-state index contributed by atoms with van der Waals surface area (Å²) in [7, 11) is -1.05. The van der Waals surface area contributed by atoms with Crippen molar-refractivity contribution < 1.29 is 13.9 Å². The lowest BCUT2D eigenvalue weighted by atomic mass is 10.1. The number of amides is 2. The van der Waals surface area contributed by atoms with Crippen LogP contribution in [-0.2, 0) is 10.8 Å². The second kappa shape index (κ2) is 7.54. The van der Waals surface area contributed by atoms with Gasteiger partial charge in [0.05, 0.1) is 10.6 Å². The molecule has 0 heterocycles. The zero-order chi connectivity index (χ0) is 17.8. The normalized spacial score (nSPS) is 12.6. The van der Waals surface area contributed by atoms with E-state index in [2.05, 4.69) is 10.6 Å². The Kier molecular flexibility index (Phi) is 6.26. The molecule has 0 fully saturated rings. The molecule has 0 radical (unpaired) electrons. The van der Waals surface area contributed by atoms with E-state index in [9.17, 15) is 19.1 Å². The number of urea groups is 1. The van der Waals surface area contributed by atoms with Crippen molar-refractivity contribution >= 4 is 28.2 Å². The summed E-state index contributed by atoms with van der Waals surface area (Å²) < 4.78 is 11.6. The van der Waals surface area contributed by atoms with Crippen molar-refractivity contribution in [3.8, 4) is 0 Å². The molecule has 128 valence electrons. The van der Waals surface area contributed by atoms with E-state index in [1.165, 1.54) is 6.07 Å². The van der Waals surface area contributed by atoms with Gasteiger partial charge in [0, 0.05) is 39.5 Å². The Morgan fingerprint density at radius 1 is 1.26 bits per heavy atom. The highest BCUT2D eigenvalue weighted by molar-refractivity contribution is 7.86. The molecule has 23 heavy (non-hydrogen) atoms. The van der Waals surface area contributed by atoms with Crippen molar-refractivity contribution in [3.05, 3.63) is 33.4 Å². The van der Waals surface area contributed by atoms with Crippen molar-refractivity contribution in [2.45, 2.75) is 39.4 Å². The van der Waals surface area contributed by atoms with E-state index in [1.54, 1.807) is 19.9 Å². The first-order valence-corrected chi connectivity index (χ1v) is 8.53. The summed E-state index contributed by atoms with van der Waals surface area (Å²) in [6, 6.07) is 2.53. The zero-order valence-corrected chi connectivity index (χ0v) is 14.9. The number of carbonyl (C=O) groups is 1. The van der Waals surface area contributed by atoms with Crippen LogP contribution in [0.4, 0.5) is 16.2 Å². The predicted molar refractivity (Wildman–Crippen MR) is 92.4 cm³/mol. The van der Waals surface area contributed by atoms with Gasteiger partial charge in [0.2, 0.25) is 0 Å². The molecule has 0 bridgehead atoms. The maximum Gasteiger partial charge on any atom is 0.319 e. The van der Waals surface area contributed by atoms with Crippen molar-refractivity contribution in [2.75, 3.05) is 17.6 Å². The summed E-state index contributed by atoms with van der Waals surface area (Å²) in [6.07, 6.45) is 0. The maximum atomic E-state index is 11.9. The summed E-state index contributed by atoms with van der Waals surface area (Å²) >= 11 is 0. The summed E-state index contributed by atoms with van der Waals surface area (Å²) in [5, 5.41) is 16.2. The van der Waals surface area contributed by atoms with E-state index < -0.39 is 21.8 Å². The van der Waals surface area contributed by atoms with Crippen LogP contribution in [-0.4, -0.2) is 32.2 Å². The van der Waals surface area contributed by atoms with Crippen molar-refractivity contribution in [3.63, 3.8) is 0 Å². The molecule has 1 atom stereocenters. The molecular weight excluding hydrogens is 318 g/mol.